The minimum absolute atomic E-state index is 0. The Morgan fingerprint density at radius 1 is 1.33 bits per heavy atom. The van der Waals surface area contributed by atoms with Gasteiger partial charge in [-0.25, -0.2) is 8.42 Å². The van der Waals surface area contributed by atoms with E-state index in [0.29, 0.717) is 0 Å². The van der Waals surface area contributed by atoms with Crippen LogP contribution in [0.1, 0.15) is 0 Å². The second kappa shape index (κ2) is 4.86. The van der Waals surface area contributed by atoms with Crippen LogP contribution in [0.15, 0.2) is 0 Å². The van der Waals surface area contributed by atoms with Gasteiger partial charge in [-0.3, -0.25) is 4.55 Å². The molecule has 0 aromatic rings. The molecule has 0 amide bonds. The molecule has 0 saturated carbocycles. The summed E-state index contributed by atoms with van der Waals surface area (Å²) in [5.41, 5.74) is 4.63. The number of hydrogen-bond donors (Lipinski definition) is 2. The van der Waals surface area contributed by atoms with Gasteiger partial charge in [0.25, 0.3) is 10.1 Å². The molecule has 0 aliphatic carbocycles. The number of nitrogens with two attached hydrogens (primary N) is 1. The maximum absolute atomic E-state index is 10.1. The largest absolute Gasteiger partial charge is 1.00 e. The minimum Gasteiger partial charge on any atom is -0.747 e. The maximum atomic E-state index is 10.1. The van der Waals surface area contributed by atoms with E-state index in [1.54, 1.807) is 0 Å². The molecule has 0 aromatic heterocycles. The summed E-state index contributed by atoms with van der Waals surface area (Å²) in [4.78, 5) is 0. The van der Waals surface area contributed by atoms with E-state index in [1.165, 1.54) is 0 Å². The van der Waals surface area contributed by atoms with E-state index in [4.69, 9.17) is 4.55 Å². The molecule has 1 unspecified atom stereocenters. The summed E-state index contributed by atoms with van der Waals surface area (Å²) in [7, 11) is -9.98. The van der Waals surface area contributed by atoms with Crippen molar-refractivity contribution >= 4 is 20.2 Å². The molecule has 0 fully saturated rings. The molecule has 3 N–H and O–H groups in total. The Kier molecular flexibility index (Phi) is 6.18. The third-order valence-electron chi connectivity index (χ3n) is 0.847. The maximum Gasteiger partial charge on any atom is 1.00 e. The first kappa shape index (κ1) is 15.3. The zero-order chi connectivity index (χ0) is 9.28. The van der Waals surface area contributed by atoms with E-state index >= 15 is 0 Å². The Bertz CT molecular complexity index is 285. The van der Waals surface area contributed by atoms with Crippen molar-refractivity contribution in [2.45, 2.75) is 4.58 Å². The van der Waals surface area contributed by atoms with Gasteiger partial charge < -0.3 is 10.3 Å². The predicted octanol–water partition coefficient (Wildman–Crippen LogP) is -5.29. The van der Waals surface area contributed by atoms with Crippen molar-refractivity contribution in [2.75, 3.05) is 6.54 Å². The second-order valence-corrected chi connectivity index (χ2v) is 5.13. The van der Waals surface area contributed by atoms with E-state index in [0.717, 1.165) is 0 Å². The Labute approximate surface area is 92.1 Å². The average molecular weight is 227 g/mol. The van der Waals surface area contributed by atoms with Crippen LogP contribution in [-0.4, -0.2) is 37.1 Å². The molecule has 0 spiro atoms. The summed E-state index contributed by atoms with van der Waals surface area (Å²) in [6.07, 6.45) is 0. The minimum atomic E-state index is -5.09. The Morgan fingerprint density at radius 3 is 1.67 bits per heavy atom. The summed E-state index contributed by atoms with van der Waals surface area (Å²) in [5, 5.41) is 0. The molecule has 0 aliphatic rings. The number of hydrogen-bond acceptors (Lipinski definition) is 6. The van der Waals surface area contributed by atoms with Gasteiger partial charge in [-0.1, -0.05) is 0 Å². The van der Waals surface area contributed by atoms with E-state index in [9.17, 15) is 21.4 Å². The fraction of sp³-hybridized carbons (Fsp3) is 1.00. The molecule has 0 rings (SSSR count). The molecule has 12 heavy (non-hydrogen) atoms. The monoisotopic (exact) mass is 227 g/mol. The molecule has 0 heterocycles. The summed E-state index contributed by atoms with van der Waals surface area (Å²) >= 11 is 0. The molecular weight excluding hydrogens is 221 g/mol. The van der Waals surface area contributed by atoms with Crippen molar-refractivity contribution < 1.29 is 55.5 Å². The van der Waals surface area contributed by atoms with E-state index in [1.807, 2.05) is 0 Å². The Hall–Kier alpha value is 0.780. The first-order valence-corrected chi connectivity index (χ1v) is 5.28. The van der Waals surface area contributed by atoms with Gasteiger partial charge in [-0.15, -0.1) is 0 Å². The molecule has 10 heteroatoms. The van der Waals surface area contributed by atoms with Gasteiger partial charge in [0.2, 0.25) is 0 Å². The molecule has 68 valence electrons. The van der Waals surface area contributed by atoms with Crippen LogP contribution in [0.5, 0.6) is 0 Å². The molecule has 0 bridgehead atoms. The van der Waals surface area contributed by atoms with Crippen LogP contribution >= 0.6 is 0 Å². The molecule has 1 atom stereocenters. The van der Waals surface area contributed by atoms with Gasteiger partial charge in [-0.05, 0) is 0 Å². The standard InChI is InChI=1S/C2H7NO6S2.Na/c3-1-2(10(4,5)6)11(7,8)9;/h2H,1,3H2,(H,4,5,6)(H,7,8,9);/q;+1/p-1. The fourth-order valence-electron chi connectivity index (χ4n) is 0.388. The van der Waals surface area contributed by atoms with Crippen molar-refractivity contribution in [3.63, 3.8) is 0 Å². The van der Waals surface area contributed by atoms with Crippen molar-refractivity contribution in [3.05, 3.63) is 0 Å². The Balaban J connectivity index is 0. The Morgan fingerprint density at radius 2 is 1.67 bits per heavy atom. The van der Waals surface area contributed by atoms with E-state index < -0.39 is 31.4 Å². The third-order valence-corrected chi connectivity index (χ3v) is 3.98. The van der Waals surface area contributed by atoms with Crippen LogP contribution in [0.25, 0.3) is 0 Å². The van der Waals surface area contributed by atoms with Crippen LogP contribution in [0, 0.1) is 0 Å². The van der Waals surface area contributed by atoms with E-state index in [-0.39, 0.29) is 29.6 Å². The second-order valence-electron chi connectivity index (χ2n) is 1.67. The molecule has 0 saturated heterocycles. The van der Waals surface area contributed by atoms with Gasteiger partial charge in [0.05, 0.1) is 0 Å². The average Bonchev–Trinajstić information content (AvgIpc) is 1.56. The normalized spacial score (nSPS) is 14.9. The first-order chi connectivity index (χ1) is 4.69. The van der Waals surface area contributed by atoms with E-state index in [2.05, 4.69) is 5.73 Å². The third kappa shape index (κ3) is 4.72. The predicted molar refractivity (Wildman–Crippen MR) is 34.1 cm³/mol. The summed E-state index contributed by atoms with van der Waals surface area (Å²) in [6, 6.07) is 0. The van der Waals surface area contributed by atoms with Gasteiger partial charge >= 0.3 is 29.6 Å². The molecular formula is C2H6NNaO6S2. The van der Waals surface area contributed by atoms with Crippen LogP contribution in [0.3, 0.4) is 0 Å². The SMILES string of the molecule is NCC(S(=O)(=O)[O-])S(=O)(=O)O.[Na+]. The topological polar surface area (TPSA) is 138 Å². The zero-order valence-electron chi connectivity index (χ0n) is 6.17. The van der Waals surface area contributed by atoms with Gasteiger partial charge in [0.15, 0.2) is 4.58 Å². The van der Waals surface area contributed by atoms with Crippen molar-refractivity contribution in [1.82, 2.24) is 0 Å². The summed E-state index contributed by atoms with van der Waals surface area (Å²) in [5.74, 6) is 0. The van der Waals surface area contributed by atoms with Gasteiger partial charge in [0.1, 0.15) is 10.1 Å². The van der Waals surface area contributed by atoms with Crippen molar-refractivity contribution in [3.8, 4) is 0 Å². The molecule has 7 nitrogen and oxygen atoms in total. The number of rotatable bonds is 3. The van der Waals surface area contributed by atoms with Crippen LogP contribution in [0.4, 0.5) is 0 Å². The summed E-state index contributed by atoms with van der Waals surface area (Å²) < 4.78 is 56.0. The van der Waals surface area contributed by atoms with Gasteiger partial charge in [0, 0.05) is 6.54 Å². The van der Waals surface area contributed by atoms with Crippen molar-refractivity contribution in [2.24, 2.45) is 5.73 Å². The quantitative estimate of drug-likeness (QED) is 0.362. The molecule has 0 radical (unpaired) electrons. The molecule has 0 aromatic carbocycles. The van der Waals surface area contributed by atoms with Crippen LogP contribution in [0.2, 0.25) is 0 Å². The first-order valence-electron chi connectivity index (χ1n) is 2.30. The molecule has 0 aliphatic heterocycles. The van der Waals surface area contributed by atoms with Crippen molar-refractivity contribution in [1.29, 1.82) is 0 Å². The summed E-state index contributed by atoms with van der Waals surface area (Å²) in [6.45, 7) is -0.954. The fourth-order valence-corrected chi connectivity index (χ4v) is 2.06. The van der Waals surface area contributed by atoms with Gasteiger partial charge in [-0.2, -0.15) is 8.42 Å². The zero-order valence-corrected chi connectivity index (χ0v) is 9.80. The van der Waals surface area contributed by atoms with Crippen LogP contribution in [-0.2, 0) is 20.2 Å². The smallest absolute Gasteiger partial charge is 0.747 e. The van der Waals surface area contributed by atoms with Crippen LogP contribution < -0.4 is 35.3 Å².